The van der Waals surface area contributed by atoms with Crippen LogP contribution in [-0.2, 0) is 4.79 Å². The van der Waals surface area contributed by atoms with Gasteiger partial charge in [-0.3, -0.25) is 10.1 Å². The van der Waals surface area contributed by atoms with E-state index in [1.165, 1.54) is 37.0 Å². The first-order chi connectivity index (χ1) is 14.5. The van der Waals surface area contributed by atoms with Gasteiger partial charge >= 0.3 is 6.03 Å². The Bertz CT molecular complexity index is 729. The molecule has 2 heterocycles. The van der Waals surface area contributed by atoms with Gasteiger partial charge in [-0.25, -0.2) is 9.78 Å². The van der Waals surface area contributed by atoms with Gasteiger partial charge in [-0.1, -0.05) is 19.8 Å². The zero-order chi connectivity index (χ0) is 21.1. The molecule has 4 rings (SSSR count). The second kappa shape index (κ2) is 9.67. The lowest BCUT2D eigenvalue weighted by atomic mass is 9.85. The van der Waals surface area contributed by atoms with Crippen molar-refractivity contribution >= 4 is 28.4 Å². The predicted molar refractivity (Wildman–Crippen MR) is 121 cm³/mol. The fraction of sp³-hybridized carbons (Fsp3) is 0.783. The highest BCUT2D eigenvalue weighted by molar-refractivity contribution is 7.15. The van der Waals surface area contributed by atoms with Gasteiger partial charge in [0.15, 0.2) is 5.13 Å². The van der Waals surface area contributed by atoms with Crippen LogP contribution in [0.5, 0.6) is 0 Å². The number of carbonyl (C=O) groups excluding carboxylic acids is 2. The van der Waals surface area contributed by atoms with Gasteiger partial charge in [0.05, 0.1) is 0 Å². The monoisotopic (exact) mass is 432 g/mol. The Morgan fingerprint density at radius 3 is 2.27 bits per heavy atom. The number of likely N-dealkylation sites (tertiary alicyclic amines) is 1. The van der Waals surface area contributed by atoms with Crippen molar-refractivity contribution in [2.75, 3.05) is 18.4 Å². The number of carbonyl (C=O) groups is 2. The third kappa shape index (κ3) is 4.98. The molecule has 166 valence electrons. The molecule has 0 unspecified atom stereocenters. The summed E-state index contributed by atoms with van der Waals surface area (Å²) in [6, 6.07) is 0.492. The zero-order valence-corrected chi connectivity index (χ0v) is 19.3. The number of nitrogens with zero attached hydrogens (tertiary/aromatic N) is 3. The number of piperidine rings is 1. The minimum Gasteiger partial charge on any atom is -0.342 e. The second-order valence-electron chi connectivity index (χ2n) is 9.57. The lowest BCUT2D eigenvalue weighted by Crippen LogP contribution is -2.54. The maximum atomic E-state index is 13.3. The predicted octanol–water partition coefficient (Wildman–Crippen LogP) is 5.05. The van der Waals surface area contributed by atoms with Gasteiger partial charge in [0, 0.05) is 42.2 Å². The van der Waals surface area contributed by atoms with Gasteiger partial charge in [-0.05, 0) is 64.2 Å². The van der Waals surface area contributed by atoms with Gasteiger partial charge in [-0.15, -0.1) is 11.3 Å². The van der Waals surface area contributed by atoms with E-state index >= 15 is 0 Å². The first-order valence-corrected chi connectivity index (χ1v) is 12.6. The van der Waals surface area contributed by atoms with Gasteiger partial charge < -0.3 is 9.80 Å². The molecule has 0 spiro atoms. The van der Waals surface area contributed by atoms with Crippen molar-refractivity contribution < 1.29 is 9.59 Å². The molecule has 1 saturated heterocycles. The molecule has 3 amide bonds. The topological polar surface area (TPSA) is 65.5 Å². The number of amides is 3. The van der Waals surface area contributed by atoms with E-state index in [-0.39, 0.29) is 18.0 Å². The molecule has 0 aromatic carbocycles. The minimum absolute atomic E-state index is 0.00975. The summed E-state index contributed by atoms with van der Waals surface area (Å²) >= 11 is 1.52. The Balaban J connectivity index is 1.41. The number of rotatable bonds is 4. The standard InChI is InChI=1S/C23H36N4O2S/c1-16-7-9-19(10-8-16)27(23(29)25-22-24-15-17(2)30-22)20-11-13-26(14-12-20)21(28)18-5-3-4-6-18/h15-16,18-20H,3-14H2,1-2H3,(H,24,25,29). The Morgan fingerprint density at radius 1 is 1.03 bits per heavy atom. The summed E-state index contributed by atoms with van der Waals surface area (Å²) in [6.07, 6.45) is 12.6. The summed E-state index contributed by atoms with van der Waals surface area (Å²) in [4.78, 5) is 35.8. The number of nitrogens with one attached hydrogen (secondary N) is 1. The second-order valence-corrected chi connectivity index (χ2v) is 10.8. The molecule has 0 bridgehead atoms. The van der Waals surface area contributed by atoms with Crippen LogP contribution in [0.25, 0.3) is 0 Å². The SMILES string of the molecule is Cc1cnc(NC(=O)N(C2CCC(C)CC2)C2CCN(C(=O)C3CCCC3)CC2)s1. The van der Waals surface area contributed by atoms with E-state index in [9.17, 15) is 9.59 Å². The van der Waals surface area contributed by atoms with Gasteiger partial charge in [0.25, 0.3) is 0 Å². The van der Waals surface area contributed by atoms with Crippen molar-refractivity contribution in [3.63, 3.8) is 0 Å². The first kappa shape index (κ1) is 21.6. The fourth-order valence-corrected chi connectivity index (χ4v) is 6.17. The highest BCUT2D eigenvalue weighted by atomic mass is 32.1. The summed E-state index contributed by atoms with van der Waals surface area (Å²) in [5, 5.41) is 3.74. The molecule has 2 aliphatic carbocycles. The molecular weight excluding hydrogens is 396 g/mol. The van der Waals surface area contributed by atoms with Gasteiger partial charge in [-0.2, -0.15) is 0 Å². The van der Waals surface area contributed by atoms with E-state index in [0.29, 0.717) is 17.1 Å². The lowest BCUT2D eigenvalue weighted by Gasteiger charge is -2.44. The molecule has 1 aromatic rings. The molecule has 6 nitrogen and oxygen atoms in total. The van der Waals surface area contributed by atoms with Crippen LogP contribution in [-0.4, -0.2) is 51.9 Å². The van der Waals surface area contributed by atoms with Crippen LogP contribution in [0, 0.1) is 18.8 Å². The maximum absolute atomic E-state index is 13.3. The third-order valence-corrected chi connectivity index (χ3v) is 8.15. The summed E-state index contributed by atoms with van der Waals surface area (Å²) in [7, 11) is 0. The Kier molecular flexibility index (Phi) is 6.96. The summed E-state index contributed by atoms with van der Waals surface area (Å²) < 4.78 is 0. The Hall–Kier alpha value is -1.63. The van der Waals surface area contributed by atoms with Crippen LogP contribution in [0.4, 0.5) is 9.93 Å². The maximum Gasteiger partial charge on any atom is 0.324 e. The van der Waals surface area contributed by atoms with Crippen molar-refractivity contribution in [2.45, 2.75) is 90.1 Å². The Labute approximate surface area is 184 Å². The number of aryl methyl sites for hydroxylation is 1. The van der Waals surface area contributed by atoms with E-state index in [1.54, 1.807) is 6.20 Å². The molecular formula is C23H36N4O2S. The Morgan fingerprint density at radius 2 is 1.67 bits per heavy atom. The van der Waals surface area contributed by atoms with Gasteiger partial charge in [0.1, 0.15) is 0 Å². The van der Waals surface area contributed by atoms with Crippen molar-refractivity contribution in [3.05, 3.63) is 11.1 Å². The fourth-order valence-electron chi connectivity index (χ4n) is 5.51. The van der Waals surface area contributed by atoms with Crippen LogP contribution in [0.15, 0.2) is 6.20 Å². The molecule has 30 heavy (non-hydrogen) atoms. The van der Waals surface area contributed by atoms with Crippen LogP contribution in [0.2, 0.25) is 0 Å². The van der Waals surface area contributed by atoms with E-state index in [4.69, 9.17) is 0 Å². The minimum atomic E-state index is -0.00975. The lowest BCUT2D eigenvalue weighted by molar-refractivity contribution is -0.136. The number of hydrogen-bond donors (Lipinski definition) is 1. The van der Waals surface area contributed by atoms with Crippen molar-refractivity contribution in [2.24, 2.45) is 11.8 Å². The zero-order valence-electron chi connectivity index (χ0n) is 18.4. The van der Waals surface area contributed by atoms with Crippen molar-refractivity contribution in [1.82, 2.24) is 14.8 Å². The number of urea groups is 1. The third-order valence-electron chi connectivity index (χ3n) is 7.32. The molecule has 3 fully saturated rings. The van der Waals surface area contributed by atoms with Gasteiger partial charge in [0.2, 0.25) is 5.91 Å². The smallest absolute Gasteiger partial charge is 0.324 e. The highest BCUT2D eigenvalue weighted by Crippen LogP contribution is 2.33. The number of hydrogen-bond acceptors (Lipinski definition) is 4. The quantitative estimate of drug-likeness (QED) is 0.724. The van der Waals surface area contributed by atoms with Crippen LogP contribution < -0.4 is 5.32 Å². The van der Waals surface area contributed by atoms with E-state index in [1.807, 2.05) is 6.92 Å². The average Bonchev–Trinajstić information content (AvgIpc) is 3.42. The highest BCUT2D eigenvalue weighted by Gasteiger charge is 2.37. The molecule has 1 N–H and O–H groups in total. The molecule has 3 aliphatic rings. The van der Waals surface area contributed by atoms with Crippen molar-refractivity contribution in [1.29, 1.82) is 0 Å². The molecule has 2 saturated carbocycles. The van der Waals surface area contributed by atoms with Crippen LogP contribution in [0.3, 0.4) is 0 Å². The largest absolute Gasteiger partial charge is 0.342 e. The van der Waals surface area contributed by atoms with E-state index < -0.39 is 0 Å². The first-order valence-electron chi connectivity index (χ1n) is 11.8. The number of aromatic nitrogens is 1. The van der Waals surface area contributed by atoms with E-state index in [0.717, 1.165) is 62.4 Å². The molecule has 7 heteroatoms. The molecule has 1 aromatic heterocycles. The summed E-state index contributed by atoms with van der Waals surface area (Å²) in [5.74, 6) is 1.35. The normalized spacial score (nSPS) is 26.0. The average molecular weight is 433 g/mol. The van der Waals surface area contributed by atoms with Crippen LogP contribution in [0.1, 0.15) is 76.0 Å². The molecule has 0 radical (unpaired) electrons. The van der Waals surface area contributed by atoms with Crippen molar-refractivity contribution in [3.8, 4) is 0 Å². The number of thiazole rings is 1. The summed E-state index contributed by atoms with van der Waals surface area (Å²) in [6.45, 7) is 5.88. The molecule has 0 atom stereocenters. The van der Waals surface area contributed by atoms with Crippen LogP contribution >= 0.6 is 11.3 Å². The number of anilines is 1. The van der Waals surface area contributed by atoms with E-state index in [2.05, 4.69) is 27.0 Å². The summed E-state index contributed by atoms with van der Waals surface area (Å²) in [5.41, 5.74) is 0. The molecule has 1 aliphatic heterocycles.